The molecule has 1 aliphatic heterocycles. The molecule has 3 heterocycles. The number of aryl methyl sites for hydroxylation is 1. The summed E-state index contributed by atoms with van der Waals surface area (Å²) in [6.45, 7) is 5.63. The van der Waals surface area contributed by atoms with Crippen molar-refractivity contribution >= 4 is 5.97 Å². The number of halogens is 3. The van der Waals surface area contributed by atoms with Crippen LogP contribution in [-0.2, 0) is 36.2 Å². The summed E-state index contributed by atoms with van der Waals surface area (Å²) in [5, 5.41) is 15.9. The van der Waals surface area contributed by atoms with Gasteiger partial charge in [-0.25, -0.2) is 4.79 Å². The van der Waals surface area contributed by atoms with Gasteiger partial charge in [-0.3, -0.25) is 14.3 Å². The molecule has 0 amide bonds. The zero-order valence-electron chi connectivity index (χ0n) is 16.8. The van der Waals surface area contributed by atoms with E-state index in [0.29, 0.717) is 5.92 Å². The van der Waals surface area contributed by atoms with Crippen LogP contribution in [0.5, 0.6) is 0 Å². The minimum absolute atomic E-state index is 0.492. The van der Waals surface area contributed by atoms with Crippen molar-refractivity contribution in [1.29, 1.82) is 0 Å². The molecule has 0 radical (unpaired) electrons. The Bertz CT molecular complexity index is 831. The number of carboxylic acids is 1. The molecule has 1 unspecified atom stereocenters. The van der Waals surface area contributed by atoms with Crippen LogP contribution in [0.1, 0.15) is 24.1 Å². The summed E-state index contributed by atoms with van der Waals surface area (Å²) >= 11 is 0. The number of hydrogen-bond acceptors (Lipinski definition) is 5. The lowest BCUT2D eigenvalue weighted by Crippen LogP contribution is -2.30. The minimum atomic E-state index is -5.08. The quantitative estimate of drug-likeness (QED) is 0.759. The van der Waals surface area contributed by atoms with E-state index in [9.17, 15) is 13.2 Å². The summed E-state index contributed by atoms with van der Waals surface area (Å²) in [5.74, 6) is -1.44. The van der Waals surface area contributed by atoms with Crippen molar-refractivity contribution in [2.75, 3.05) is 19.8 Å². The smallest absolute Gasteiger partial charge is 0.475 e. The molecular formula is C19H26F3N5O3. The maximum absolute atomic E-state index is 10.6. The number of hydrogen-bond donors (Lipinski definition) is 1. The molecule has 0 bridgehead atoms. The van der Waals surface area contributed by atoms with Crippen LogP contribution in [0.2, 0.25) is 0 Å². The van der Waals surface area contributed by atoms with E-state index in [0.717, 1.165) is 45.3 Å². The zero-order valence-corrected chi connectivity index (χ0v) is 16.8. The topological polar surface area (TPSA) is 85.4 Å². The van der Waals surface area contributed by atoms with Gasteiger partial charge in [0.25, 0.3) is 0 Å². The Kier molecular flexibility index (Phi) is 7.14. The molecule has 1 atom stereocenters. The van der Waals surface area contributed by atoms with Crippen LogP contribution >= 0.6 is 0 Å². The second-order valence-corrected chi connectivity index (χ2v) is 7.85. The van der Waals surface area contributed by atoms with Crippen LogP contribution in [0.4, 0.5) is 13.2 Å². The van der Waals surface area contributed by atoms with Crippen molar-refractivity contribution < 1.29 is 27.8 Å². The first-order valence-electron chi connectivity index (χ1n) is 9.79. The highest BCUT2D eigenvalue weighted by atomic mass is 19.4. The third-order valence-corrected chi connectivity index (χ3v) is 4.95. The Morgan fingerprint density at radius 2 is 1.93 bits per heavy atom. The highest BCUT2D eigenvalue weighted by molar-refractivity contribution is 5.73. The van der Waals surface area contributed by atoms with Crippen molar-refractivity contribution in [3.8, 4) is 0 Å². The molecule has 2 aliphatic rings. The van der Waals surface area contributed by atoms with Gasteiger partial charge in [-0.1, -0.05) is 0 Å². The normalized spacial score (nSPS) is 19.5. The lowest BCUT2D eigenvalue weighted by Gasteiger charge is -2.23. The molecule has 1 aliphatic carbocycles. The van der Waals surface area contributed by atoms with Gasteiger partial charge in [0.15, 0.2) is 0 Å². The number of ether oxygens (including phenoxy) is 1. The lowest BCUT2D eigenvalue weighted by atomic mass is 10.1. The monoisotopic (exact) mass is 429 g/mol. The molecule has 30 heavy (non-hydrogen) atoms. The molecule has 1 saturated carbocycles. The summed E-state index contributed by atoms with van der Waals surface area (Å²) in [6, 6.07) is 2.13. The van der Waals surface area contributed by atoms with E-state index >= 15 is 0 Å². The number of alkyl halides is 3. The Morgan fingerprint density at radius 3 is 2.53 bits per heavy atom. The van der Waals surface area contributed by atoms with E-state index in [1.54, 1.807) is 0 Å². The summed E-state index contributed by atoms with van der Waals surface area (Å²) in [6.07, 6.45) is 3.58. The van der Waals surface area contributed by atoms with Crippen LogP contribution in [-0.4, -0.2) is 61.5 Å². The fourth-order valence-corrected chi connectivity index (χ4v) is 3.34. The standard InChI is InChI=1S/C17H25N5O.C2HF3O2/c1-20-7-15(6-19-20)8-21-9-16(13-23-12-14-2-3-14)10-22-17(11-21)4-5-18-22;3-2(4,5)1(6)7/h4-7,14,16H,2-3,8-13H2,1H3;(H,6,7). The first kappa shape index (κ1) is 22.3. The maximum atomic E-state index is 10.6. The van der Waals surface area contributed by atoms with Crippen molar-refractivity contribution in [3.05, 3.63) is 35.9 Å². The number of carbonyl (C=O) groups is 1. The first-order chi connectivity index (χ1) is 14.2. The zero-order chi connectivity index (χ0) is 21.7. The molecule has 0 saturated heterocycles. The van der Waals surface area contributed by atoms with Crippen molar-refractivity contribution in [3.63, 3.8) is 0 Å². The van der Waals surface area contributed by atoms with Gasteiger partial charge in [0.1, 0.15) is 0 Å². The summed E-state index contributed by atoms with van der Waals surface area (Å²) in [7, 11) is 1.97. The van der Waals surface area contributed by atoms with Gasteiger partial charge < -0.3 is 9.84 Å². The molecule has 2 aromatic heterocycles. The summed E-state index contributed by atoms with van der Waals surface area (Å²) in [5.41, 5.74) is 2.55. The van der Waals surface area contributed by atoms with Crippen molar-refractivity contribution in [2.24, 2.45) is 18.9 Å². The van der Waals surface area contributed by atoms with Crippen LogP contribution in [0.3, 0.4) is 0 Å². The van der Waals surface area contributed by atoms with Gasteiger partial charge in [-0.05, 0) is 24.8 Å². The predicted molar refractivity (Wildman–Crippen MR) is 100 cm³/mol. The molecule has 11 heteroatoms. The predicted octanol–water partition coefficient (Wildman–Crippen LogP) is 2.31. The summed E-state index contributed by atoms with van der Waals surface area (Å²) in [4.78, 5) is 11.4. The van der Waals surface area contributed by atoms with Crippen molar-refractivity contribution in [2.45, 2.75) is 38.7 Å². The highest BCUT2D eigenvalue weighted by Crippen LogP contribution is 2.29. The number of fused-ring (bicyclic) bond motifs is 1. The maximum Gasteiger partial charge on any atom is 0.490 e. The average Bonchev–Trinajstić information content (AvgIpc) is 3.29. The van der Waals surface area contributed by atoms with E-state index in [-0.39, 0.29) is 0 Å². The van der Waals surface area contributed by atoms with E-state index in [4.69, 9.17) is 14.6 Å². The molecule has 0 spiro atoms. The molecule has 0 aromatic carbocycles. The third-order valence-electron chi connectivity index (χ3n) is 4.95. The largest absolute Gasteiger partial charge is 0.490 e. The van der Waals surface area contributed by atoms with E-state index in [1.165, 1.54) is 24.1 Å². The van der Waals surface area contributed by atoms with E-state index < -0.39 is 12.1 Å². The SMILES string of the molecule is Cn1cc(CN2Cc3ccnn3CC(COCC3CC3)C2)cn1.O=C(O)C(F)(F)F. The van der Waals surface area contributed by atoms with Crippen LogP contribution < -0.4 is 0 Å². The number of nitrogens with zero attached hydrogens (tertiary/aromatic N) is 5. The lowest BCUT2D eigenvalue weighted by molar-refractivity contribution is -0.192. The molecule has 4 rings (SSSR count). The Hall–Kier alpha value is -2.40. The molecular weight excluding hydrogens is 403 g/mol. The number of aliphatic carboxylic acids is 1. The van der Waals surface area contributed by atoms with Gasteiger partial charge in [0, 0.05) is 63.7 Å². The van der Waals surface area contributed by atoms with E-state index in [1.807, 2.05) is 24.1 Å². The fourth-order valence-electron chi connectivity index (χ4n) is 3.34. The third kappa shape index (κ3) is 6.84. The van der Waals surface area contributed by atoms with Crippen LogP contribution in [0.15, 0.2) is 24.7 Å². The Balaban J connectivity index is 0.000000318. The minimum Gasteiger partial charge on any atom is -0.475 e. The number of rotatable bonds is 6. The molecule has 166 valence electrons. The van der Waals surface area contributed by atoms with Crippen LogP contribution in [0, 0.1) is 11.8 Å². The summed E-state index contributed by atoms with van der Waals surface area (Å²) < 4.78 is 41.7. The van der Waals surface area contributed by atoms with Crippen LogP contribution in [0.25, 0.3) is 0 Å². The Morgan fingerprint density at radius 1 is 1.23 bits per heavy atom. The number of aromatic nitrogens is 4. The van der Waals surface area contributed by atoms with Gasteiger partial charge in [-0.2, -0.15) is 23.4 Å². The first-order valence-corrected chi connectivity index (χ1v) is 9.79. The number of carboxylic acid groups (broad SMARTS) is 1. The fraction of sp³-hybridized carbons (Fsp3) is 0.632. The molecule has 1 N–H and O–H groups in total. The van der Waals surface area contributed by atoms with Gasteiger partial charge in [0.2, 0.25) is 0 Å². The molecule has 2 aromatic rings. The second kappa shape index (κ2) is 9.61. The highest BCUT2D eigenvalue weighted by Gasteiger charge is 2.38. The average molecular weight is 429 g/mol. The Labute approximate surface area is 172 Å². The van der Waals surface area contributed by atoms with Gasteiger partial charge in [-0.15, -0.1) is 0 Å². The van der Waals surface area contributed by atoms with E-state index in [2.05, 4.69) is 32.0 Å². The molecule has 1 fully saturated rings. The van der Waals surface area contributed by atoms with Gasteiger partial charge in [0.05, 0.1) is 18.5 Å². The molecule has 8 nitrogen and oxygen atoms in total. The van der Waals surface area contributed by atoms with Gasteiger partial charge >= 0.3 is 12.1 Å². The van der Waals surface area contributed by atoms with Crippen molar-refractivity contribution in [1.82, 2.24) is 24.5 Å². The second-order valence-electron chi connectivity index (χ2n) is 7.85.